The first kappa shape index (κ1) is 22.8. The van der Waals surface area contributed by atoms with Crippen LogP contribution >= 0.6 is 0 Å². The van der Waals surface area contributed by atoms with Crippen LogP contribution in [0.2, 0.25) is 0 Å². The standard InChI is InChI=1S/C14H18N4O5S2.Na/c1-9-8-10(2)16-14(15-9)18-24(19,20)13-6-4-12(5-7-13)17-11(3)25(21,22)23;/h4-8,11,17H,1-3H3,(H,15,16,18)(H,21,22,23);/q;+1. The minimum atomic E-state index is -4.25. The second-order valence-electron chi connectivity index (χ2n) is 5.41. The molecule has 1 unspecified atom stereocenters. The number of anilines is 2. The number of hydrogen-bond donors (Lipinski definition) is 3. The summed E-state index contributed by atoms with van der Waals surface area (Å²) in [7, 11) is -8.14. The van der Waals surface area contributed by atoms with Crippen molar-refractivity contribution in [2.24, 2.45) is 0 Å². The zero-order chi connectivity index (χ0) is 18.8. The zero-order valence-corrected chi connectivity index (χ0v) is 18.4. The molecule has 3 N–H and O–H groups in total. The number of aryl methyl sites for hydroxylation is 2. The molecule has 0 aliphatic carbocycles. The maximum absolute atomic E-state index is 12.4. The van der Waals surface area contributed by atoms with E-state index in [2.05, 4.69) is 20.0 Å². The van der Waals surface area contributed by atoms with Crippen LogP contribution in [0.4, 0.5) is 11.6 Å². The van der Waals surface area contributed by atoms with Crippen molar-refractivity contribution in [3.05, 3.63) is 41.7 Å². The normalized spacial score (nSPS) is 12.8. The van der Waals surface area contributed by atoms with E-state index in [-0.39, 0.29) is 40.4 Å². The summed E-state index contributed by atoms with van der Waals surface area (Å²) in [5.41, 5.74) is 1.60. The molecule has 136 valence electrons. The van der Waals surface area contributed by atoms with Crippen molar-refractivity contribution >= 4 is 31.8 Å². The van der Waals surface area contributed by atoms with Crippen LogP contribution < -0.4 is 39.6 Å². The van der Waals surface area contributed by atoms with Crippen LogP contribution in [-0.4, -0.2) is 36.7 Å². The molecule has 0 fully saturated rings. The Morgan fingerprint density at radius 1 is 1.00 bits per heavy atom. The Balaban J connectivity index is 0.00000338. The van der Waals surface area contributed by atoms with Crippen molar-refractivity contribution in [3.63, 3.8) is 0 Å². The fraction of sp³-hybridized carbons (Fsp3) is 0.286. The fourth-order valence-corrected chi connectivity index (χ4v) is 3.22. The molecule has 9 nitrogen and oxygen atoms in total. The van der Waals surface area contributed by atoms with Crippen LogP contribution in [-0.2, 0) is 20.1 Å². The number of nitrogens with one attached hydrogen (secondary N) is 2. The molecule has 1 heterocycles. The molecule has 2 aromatic rings. The molecule has 0 saturated carbocycles. The molecule has 0 bridgehead atoms. The van der Waals surface area contributed by atoms with E-state index in [4.69, 9.17) is 4.55 Å². The Labute approximate surface area is 174 Å². The fourth-order valence-electron chi connectivity index (χ4n) is 1.99. The maximum atomic E-state index is 12.4. The summed E-state index contributed by atoms with van der Waals surface area (Å²) in [4.78, 5) is 8.00. The summed E-state index contributed by atoms with van der Waals surface area (Å²) in [5, 5.41) is 1.32. The van der Waals surface area contributed by atoms with E-state index in [1.807, 2.05) is 0 Å². The van der Waals surface area contributed by atoms with Crippen molar-refractivity contribution in [2.45, 2.75) is 31.0 Å². The third-order valence-corrected chi connectivity index (χ3v) is 5.54. The van der Waals surface area contributed by atoms with Crippen LogP contribution in [0.5, 0.6) is 0 Å². The van der Waals surface area contributed by atoms with E-state index < -0.39 is 25.5 Å². The first-order valence-electron chi connectivity index (χ1n) is 7.15. The number of aromatic nitrogens is 2. The predicted molar refractivity (Wildman–Crippen MR) is 93.4 cm³/mol. The summed E-state index contributed by atoms with van der Waals surface area (Å²) in [6, 6.07) is 7.08. The predicted octanol–water partition coefficient (Wildman–Crippen LogP) is -1.46. The van der Waals surface area contributed by atoms with Crippen molar-refractivity contribution in [2.75, 3.05) is 10.0 Å². The minimum absolute atomic E-state index is 0. The summed E-state index contributed by atoms with van der Waals surface area (Å²) in [6.07, 6.45) is 0. The average molecular weight is 409 g/mol. The number of nitrogens with zero attached hydrogens (tertiary/aromatic N) is 2. The molecular formula is C14H18N4NaO5S2+. The van der Waals surface area contributed by atoms with Crippen LogP contribution in [0.1, 0.15) is 18.3 Å². The van der Waals surface area contributed by atoms with Crippen LogP contribution in [0.15, 0.2) is 35.2 Å². The van der Waals surface area contributed by atoms with Gasteiger partial charge in [0.25, 0.3) is 20.1 Å². The van der Waals surface area contributed by atoms with Gasteiger partial charge in [0, 0.05) is 17.1 Å². The number of benzene rings is 1. The number of rotatable bonds is 6. The van der Waals surface area contributed by atoms with Crippen molar-refractivity contribution < 1.29 is 50.9 Å². The van der Waals surface area contributed by atoms with E-state index in [0.29, 0.717) is 17.1 Å². The van der Waals surface area contributed by atoms with Crippen molar-refractivity contribution in [1.29, 1.82) is 0 Å². The topological polar surface area (TPSA) is 138 Å². The molecule has 12 heteroatoms. The van der Waals surface area contributed by atoms with E-state index >= 15 is 0 Å². The number of hydrogen-bond acceptors (Lipinski definition) is 7. The SMILES string of the molecule is Cc1cc(C)nc(NS(=O)(=O)c2ccc(NC(C)S(=O)(=O)O)cc2)n1.[Na+]. The van der Waals surface area contributed by atoms with Gasteiger partial charge in [-0.25, -0.2) is 23.1 Å². The van der Waals surface area contributed by atoms with E-state index in [0.717, 1.165) is 0 Å². The Morgan fingerprint density at radius 2 is 1.50 bits per heavy atom. The molecule has 0 aliphatic rings. The first-order chi connectivity index (χ1) is 11.5. The van der Waals surface area contributed by atoms with Crippen LogP contribution in [0.3, 0.4) is 0 Å². The Kier molecular flexibility index (Phi) is 7.57. The van der Waals surface area contributed by atoms with Gasteiger partial charge in [-0.05, 0) is 51.1 Å². The smallest absolute Gasteiger partial charge is 0.367 e. The largest absolute Gasteiger partial charge is 1.00 e. The molecule has 1 aromatic carbocycles. The molecule has 26 heavy (non-hydrogen) atoms. The average Bonchev–Trinajstić information content (AvgIpc) is 2.45. The second-order valence-corrected chi connectivity index (χ2v) is 8.83. The molecule has 2 rings (SSSR count). The second kappa shape index (κ2) is 8.63. The monoisotopic (exact) mass is 409 g/mol. The van der Waals surface area contributed by atoms with E-state index in [9.17, 15) is 16.8 Å². The quantitative estimate of drug-likeness (QED) is 0.389. The van der Waals surface area contributed by atoms with Crippen LogP contribution in [0, 0.1) is 13.8 Å². The van der Waals surface area contributed by atoms with Gasteiger partial charge in [-0.3, -0.25) is 4.55 Å². The third kappa shape index (κ3) is 6.18. The van der Waals surface area contributed by atoms with Gasteiger partial charge in [0.2, 0.25) is 5.95 Å². The van der Waals surface area contributed by atoms with Gasteiger partial charge in [-0.1, -0.05) is 0 Å². The summed E-state index contributed by atoms with van der Waals surface area (Å²) in [6.45, 7) is 4.71. The summed E-state index contributed by atoms with van der Waals surface area (Å²) >= 11 is 0. The zero-order valence-electron chi connectivity index (χ0n) is 14.8. The van der Waals surface area contributed by atoms with Gasteiger partial charge in [0.1, 0.15) is 0 Å². The van der Waals surface area contributed by atoms with Gasteiger partial charge in [0.15, 0.2) is 5.37 Å². The molecule has 0 spiro atoms. The van der Waals surface area contributed by atoms with Gasteiger partial charge >= 0.3 is 29.6 Å². The van der Waals surface area contributed by atoms with Gasteiger partial charge < -0.3 is 5.32 Å². The first-order valence-corrected chi connectivity index (χ1v) is 10.1. The molecule has 0 amide bonds. The van der Waals surface area contributed by atoms with Crippen LogP contribution in [0.25, 0.3) is 0 Å². The maximum Gasteiger partial charge on any atom is 1.00 e. The summed E-state index contributed by atoms with van der Waals surface area (Å²) in [5.74, 6) is -0.0281. The van der Waals surface area contributed by atoms with E-state index in [1.165, 1.54) is 31.2 Å². The van der Waals surface area contributed by atoms with Gasteiger partial charge in [-0.2, -0.15) is 8.42 Å². The Bertz CT molecular complexity index is 959. The van der Waals surface area contributed by atoms with E-state index in [1.54, 1.807) is 19.9 Å². The number of sulfonamides is 1. The molecule has 0 radical (unpaired) electrons. The molecule has 0 aliphatic heterocycles. The third-order valence-electron chi connectivity index (χ3n) is 3.19. The minimum Gasteiger partial charge on any atom is -0.367 e. The molecule has 1 aromatic heterocycles. The van der Waals surface area contributed by atoms with Crippen molar-refractivity contribution in [3.8, 4) is 0 Å². The molecule has 1 atom stereocenters. The molecule has 0 saturated heterocycles. The van der Waals surface area contributed by atoms with Crippen molar-refractivity contribution in [1.82, 2.24) is 9.97 Å². The summed E-state index contributed by atoms with van der Waals surface area (Å²) < 4.78 is 58.0. The molecular weight excluding hydrogens is 391 g/mol. The Hall–Kier alpha value is -1.24. The Morgan fingerprint density at radius 3 is 1.96 bits per heavy atom. The van der Waals surface area contributed by atoms with Gasteiger partial charge in [0.05, 0.1) is 4.90 Å². The van der Waals surface area contributed by atoms with Gasteiger partial charge in [-0.15, -0.1) is 0 Å².